The molecule has 22 heavy (non-hydrogen) atoms. The molecule has 1 saturated heterocycles. The third-order valence-corrected chi connectivity index (χ3v) is 3.48. The first kappa shape index (κ1) is 13.9. The number of hydrogen-bond donors (Lipinski definition) is 1. The van der Waals surface area contributed by atoms with Gasteiger partial charge in [0.25, 0.3) is 11.5 Å². The van der Waals surface area contributed by atoms with Crippen molar-refractivity contribution in [1.29, 1.82) is 0 Å². The summed E-state index contributed by atoms with van der Waals surface area (Å²) in [6.45, 7) is 1.69. The van der Waals surface area contributed by atoms with Crippen LogP contribution >= 0.6 is 0 Å². The molecular weight excluding hydrogens is 284 g/mol. The largest absolute Gasteiger partial charge is 0.295 e. The Morgan fingerprint density at radius 2 is 2.14 bits per heavy atom. The van der Waals surface area contributed by atoms with Gasteiger partial charge in [0.05, 0.1) is 10.9 Å². The lowest BCUT2D eigenvalue weighted by Crippen LogP contribution is -2.45. The molecule has 0 saturated carbocycles. The molecule has 7 nitrogen and oxygen atoms in total. The van der Waals surface area contributed by atoms with E-state index in [1.165, 1.54) is 0 Å². The summed E-state index contributed by atoms with van der Waals surface area (Å²) in [7, 11) is 0. The van der Waals surface area contributed by atoms with Gasteiger partial charge < -0.3 is 0 Å². The molecule has 1 atom stereocenters. The highest BCUT2D eigenvalue weighted by Crippen LogP contribution is 2.17. The molecule has 1 aromatic heterocycles. The molecule has 2 aromatic rings. The molecule has 0 bridgehead atoms. The fraction of sp³-hybridized carbons (Fsp3) is 0.267. The third-order valence-electron chi connectivity index (χ3n) is 3.48. The van der Waals surface area contributed by atoms with Gasteiger partial charge in [-0.3, -0.25) is 19.7 Å². The summed E-state index contributed by atoms with van der Waals surface area (Å²) < 4.78 is 1.03. The van der Waals surface area contributed by atoms with E-state index < -0.39 is 17.5 Å². The van der Waals surface area contributed by atoms with Crippen LogP contribution in [0.2, 0.25) is 0 Å². The maximum Gasteiger partial charge on any atom is 0.278 e. The third kappa shape index (κ3) is 2.24. The van der Waals surface area contributed by atoms with E-state index in [0.717, 1.165) is 4.68 Å². The predicted octanol–water partition coefficient (Wildman–Crippen LogP) is 0.141. The first-order valence-electron chi connectivity index (χ1n) is 6.76. The highest BCUT2D eigenvalue weighted by molar-refractivity contribution is 5.99. The van der Waals surface area contributed by atoms with Crippen molar-refractivity contribution in [2.75, 3.05) is 0 Å². The number of benzene rings is 1. The van der Waals surface area contributed by atoms with Crippen molar-refractivity contribution in [3.05, 3.63) is 34.1 Å². The van der Waals surface area contributed by atoms with Crippen molar-refractivity contribution >= 4 is 22.7 Å². The van der Waals surface area contributed by atoms with Crippen LogP contribution in [0, 0.1) is 11.8 Å². The Kier molecular flexibility index (Phi) is 3.43. The van der Waals surface area contributed by atoms with Crippen LogP contribution in [0.3, 0.4) is 0 Å². The zero-order chi connectivity index (χ0) is 15.7. The van der Waals surface area contributed by atoms with Crippen LogP contribution in [0.4, 0.5) is 0 Å². The van der Waals surface area contributed by atoms with E-state index in [1.807, 2.05) is 0 Å². The fourth-order valence-corrected chi connectivity index (χ4v) is 2.44. The van der Waals surface area contributed by atoms with Crippen molar-refractivity contribution in [2.45, 2.75) is 25.8 Å². The van der Waals surface area contributed by atoms with Crippen LogP contribution in [0.5, 0.6) is 0 Å². The zero-order valence-electron chi connectivity index (χ0n) is 11.8. The van der Waals surface area contributed by atoms with E-state index in [0.29, 0.717) is 16.5 Å². The van der Waals surface area contributed by atoms with E-state index in [2.05, 4.69) is 27.5 Å². The Bertz CT molecular complexity index is 904. The van der Waals surface area contributed by atoms with Gasteiger partial charge in [-0.1, -0.05) is 17.2 Å². The topological polar surface area (TPSA) is 94.0 Å². The molecule has 1 N–H and O–H groups in total. The first-order chi connectivity index (χ1) is 10.6. The molecule has 0 aliphatic carbocycles. The summed E-state index contributed by atoms with van der Waals surface area (Å²) in [6, 6.07) is 4.27. The summed E-state index contributed by atoms with van der Waals surface area (Å²) in [6.07, 6.45) is 0.406. The zero-order valence-corrected chi connectivity index (χ0v) is 11.8. The maximum atomic E-state index is 12.6. The fourth-order valence-electron chi connectivity index (χ4n) is 2.44. The average Bonchev–Trinajstić information content (AvgIpc) is 2.49. The van der Waals surface area contributed by atoms with E-state index in [1.54, 1.807) is 25.1 Å². The Balaban J connectivity index is 2.15. The van der Waals surface area contributed by atoms with E-state index in [4.69, 9.17) is 0 Å². The van der Waals surface area contributed by atoms with Gasteiger partial charge in [0.1, 0.15) is 11.6 Å². The number of nitrogens with one attached hydrogen (secondary N) is 1. The molecule has 2 heterocycles. The normalized spacial score (nSPS) is 17.8. The summed E-state index contributed by atoms with van der Waals surface area (Å²) in [4.78, 5) is 35.6. The summed E-state index contributed by atoms with van der Waals surface area (Å²) in [5.41, 5.74) is 0.602. The Morgan fingerprint density at radius 3 is 2.86 bits per heavy atom. The van der Waals surface area contributed by atoms with Crippen LogP contribution in [-0.4, -0.2) is 26.8 Å². The second-order valence-electron chi connectivity index (χ2n) is 4.88. The number of carbonyl (C=O) groups excluding carboxylic acids is 2. The second kappa shape index (κ2) is 5.41. The number of amides is 2. The number of piperidine rings is 1. The number of imide groups is 1. The second-order valence-corrected chi connectivity index (χ2v) is 4.88. The molecule has 1 aliphatic heterocycles. The molecular formula is C15H12N4O3. The van der Waals surface area contributed by atoms with Gasteiger partial charge in [-0.05, 0) is 25.5 Å². The molecule has 0 spiro atoms. The smallest absolute Gasteiger partial charge is 0.278 e. The SMILES string of the molecule is CC#Cc1cccc2c(=O)n(C3CCC(=O)NC3=O)nnc12. The molecule has 7 heteroatoms. The molecule has 1 unspecified atom stereocenters. The van der Waals surface area contributed by atoms with Crippen molar-refractivity contribution < 1.29 is 9.59 Å². The highest BCUT2D eigenvalue weighted by atomic mass is 16.2. The van der Waals surface area contributed by atoms with Crippen LogP contribution in [0.15, 0.2) is 23.0 Å². The predicted molar refractivity (Wildman–Crippen MR) is 77.8 cm³/mol. The standard InChI is InChI=1S/C15H12N4O3/c1-2-4-9-5-3-6-10-13(9)17-18-19(15(10)22)11-7-8-12(20)16-14(11)21/h3,5-6,11H,7-8H2,1H3,(H,16,20,21). The number of nitrogens with zero attached hydrogens (tertiary/aromatic N) is 3. The Hall–Kier alpha value is -3.01. The first-order valence-corrected chi connectivity index (χ1v) is 6.76. The van der Waals surface area contributed by atoms with Crippen molar-refractivity contribution in [2.24, 2.45) is 0 Å². The van der Waals surface area contributed by atoms with Gasteiger partial charge in [0.15, 0.2) is 0 Å². The minimum atomic E-state index is -0.817. The summed E-state index contributed by atoms with van der Waals surface area (Å²) in [5, 5.41) is 10.5. The molecule has 2 amide bonds. The minimum Gasteiger partial charge on any atom is -0.295 e. The van der Waals surface area contributed by atoms with Crippen molar-refractivity contribution in [1.82, 2.24) is 20.3 Å². The summed E-state index contributed by atoms with van der Waals surface area (Å²) in [5.74, 6) is 4.75. The molecule has 110 valence electrons. The highest BCUT2D eigenvalue weighted by Gasteiger charge is 2.30. The lowest BCUT2D eigenvalue weighted by molar-refractivity contribution is -0.136. The molecule has 1 fully saturated rings. The molecule has 1 aromatic carbocycles. The van der Waals surface area contributed by atoms with Crippen molar-refractivity contribution in [3.8, 4) is 11.8 Å². The van der Waals surface area contributed by atoms with Gasteiger partial charge >= 0.3 is 0 Å². The van der Waals surface area contributed by atoms with Gasteiger partial charge in [0.2, 0.25) is 5.91 Å². The number of rotatable bonds is 1. The Labute approximate surface area is 125 Å². The van der Waals surface area contributed by atoms with Gasteiger partial charge in [-0.2, -0.15) is 4.68 Å². The van der Waals surface area contributed by atoms with E-state index in [9.17, 15) is 14.4 Å². The average molecular weight is 296 g/mol. The minimum absolute atomic E-state index is 0.171. The van der Waals surface area contributed by atoms with Crippen LogP contribution in [-0.2, 0) is 9.59 Å². The monoisotopic (exact) mass is 296 g/mol. The van der Waals surface area contributed by atoms with Crippen molar-refractivity contribution in [3.63, 3.8) is 0 Å². The number of aromatic nitrogens is 3. The molecule has 1 aliphatic rings. The summed E-state index contributed by atoms with van der Waals surface area (Å²) >= 11 is 0. The lowest BCUT2D eigenvalue weighted by atomic mass is 10.1. The van der Waals surface area contributed by atoms with Gasteiger partial charge in [-0.15, -0.1) is 11.0 Å². The van der Waals surface area contributed by atoms with Gasteiger partial charge in [0, 0.05) is 6.42 Å². The van der Waals surface area contributed by atoms with Crippen LogP contribution in [0.1, 0.15) is 31.4 Å². The van der Waals surface area contributed by atoms with E-state index in [-0.39, 0.29) is 18.7 Å². The molecule has 3 rings (SSSR count). The number of carbonyl (C=O) groups is 2. The Morgan fingerprint density at radius 1 is 1.32 bits per heavy atom. The lowest BCUT2D eigenvalue weighted by Gasteiger charge is -2.21. The molecule has 0 radical (unpaired) electrons. The van der Waals surface area contributed by atoms with Gasteiger partial charge in [-0.25, -0.2) is 0 Å². The van der Waals surface area contributed by atoms with Crippen LogP contribution in [0.25, 0.3) is 10.9 Å². The quantitative estimate of drug-likeness (QED) is 0.597. The van der Waals surface area contributed by atoms with E-state index >= 15 is 0 Å². The number of fused-ring (bicyclic) bond motifs is 1. The van der Waals surface area contributed by atoms with Crippen LogP contribution < -0.4 is 10.9 Å². The number of hydrogen-bond acceptors (Lipinski definition) is 5. The maximum absolute atomic E-state index is 12.6.